The Morgan fingerprint density at radius 1 is 1.53 bits per heavy atom. The minimum Gasteiger partial charge on any atom is -0.377 e. The zero-order valence-electron chi connectivity index (χ0n) is 11.1. The van der Waals surface area contributed by atoms with Crippen molar-refractivity contribution in [3.63, 3.8) is 0 Å². The lowest BCUT2D eigenvalue weighted by Gasteiger charge is -2.39. The third kappa shape index (κ3) is 3.15. The van der Waals surface area contributed by atoms with E-state index >= 15 is 0 Å². The SMILES string of the molecule is COC1(C)CCCN(C(=O)c2cc(Br)ccc2F)C1. The molecule has 1 aliphatic rings. The Hall–Kier alpha value is -0.940. The molecule has 0 saturated carbocycles. The number of benzene rings is 1. The molecular formula is C14H17BrFNO2. The van der Waals surface area contributed by atoms with Crippen molar-refractivity contribution >= 4 is 21.8 Å². The van der Waals surface area contributed by atoms with Gasteiger partial charge in [0.1, 0.15) is 5.82 Å². The van der Waals surface area contributed by atoms with Gasteiger partial charge in [-0.2, -0.15) is 0 Å². The predicted molar refractivity (Wildman–Crippen MR) is 74.7 cm³/mol. The molecular weight excluding hydrogens is 313 g/mol. The summed E-state index contributed by atoms with van der Waals surface area (Å²) in [4.78, 5) is 14.1. The number of likely N-dealkylation sites (tertiary alicyclic amines) is 1. The van der Waals surface area contributed by atoms with Gasteiger partial charge in [-0.05, 0) is 38.0 Å². The highest BCUT2D eigenvalue weighted by Gasteiger charge is 2.34. The van der Waals surface area contributed by atoms with Crippen LogP contribution >= 0.6 is 15.9 Å². The Balaban J connectivity index is 2.22. The summed E-state index contributed by atoms with van der Waals surface area (Å²) in [7, 11) is 1.65. The van der Waals surface area contributed by atoms with Crippen molar-refractivity contribution in [3.05, 3.63) is 34.1 Å². The maximum absolute atomic E-state index is 13.7. The van der Waals surface area contributed by atoms with E-state index in [1.165, 1.54) is 12.1 Å². The van der Waals surface area contributed by atoms with Gasteiger partial charge >= 0.3 is 0 Å². The molecule has 1 atom stereocenters. The van der Waals surface area contributed by atoms with Crippen LogP contribution in [0.5, 0.6) is 0 Å². The monoisotopic (exact) mass is 329 g/mol. The standard InChI is InChI=1S/C14H17BrFNO2/c1-14(19-2)6-3-7-17(9-14)13(18)11-8-10(15)4-5-12(11)16/h4-5,8H,3,6-7,9H2,1-2H3. The molecule has 0 radical (unpaired) electrons. The quantitative estimate of drug-likeness (QED) is 0.833. The summed E-state index contributed by atoms with van der Waals surface area (Å²) >= 11 is 3.26. The molecule has 0 spiro atoms. The minimum atomic E-state index is -0.488. The number of amides is 1. The first kappa shape index (κ1) is 14.5. The van der Waals surface area contributed by atoms with Crippen LogP contribution in [0.25, 0.3) is 0 Å². The number of nitrogens with zero attached hydrogens (tertiary/aromatic N) is 1. The van der Waals surface area contributed by atoms with E-state index in [0.29, 0.717) is 17.6 Å². The molecule has 0 N–H and O–H groups in total. The van der Waals surface area contributed by atoms with Crippen LogP contribution in [0, 0.1) is 5.82 Å². The molecule has 1 aromatic carbocycles. The molecule has 0 aromatic heterocycles. The van der Waals surface area contributed by atoms with Crippen LogP contribution < -0.4 is 0 Å². The second-order valence-electron chi connectivity index (χ2n) is 5.11. The molecule has 1 saturated heterocycles. The van der Waals surface area contributed by atoms with Gasteiger partial charge in [0, 0.05) is 24.7 Å². The van der Waals surface area contributed by atoms with Gasteiger partial charge in [0.2, 0.25) is 0 Å². The Labute approximate surface area is 120 Å². The average molecular weight is 330 g/mol. The summed E-state index contributed by atoms with van der Waals surface area (Å²) in [6.07, 6.45) is 1.78. The van der Waals surface area contributed by atoms with E-state index in [1.54, 1.807) is 18.1 Å². The van der Waals surface area contributed by atoms with Crippen molar-refractivity contribution < 1.29 is 13.9 Å². The summed E-state index contributed by atoms with van der Waals surface area (Å²) in [6, 6.07) is 4.41. The van der Waals surface area contributed by atoms with E-state index in [9.17, 15) is 9.18 Å². The molecule has 1 aromatic rings. The summed E-state index contributed by atoms with van der Waals surface area (Å²) < 4.78 is 19.9. The minimum absolute atomic E-state index is 0.106. The van der Waals surface area contributed by atoms with Crippen molar-refractivity contribution in [1.29, 1.82) is 0 Å². The molecule has 3 nitrogen and oxygen atoms in total. The van der Waals surface area contributed by atoms with E-state index in [2.05, 4.69) is 15.9 Å². The fourth-order valence-corrected chi connectivity index (χ4v) is 2.74. The van der Waals surface area contributed by atoms with Gasteiger partial charge < -0.3 is 9.64 Å². The van der Waals surface area contributed by atoms with Crippen LogP contribution in [-0.4, -0.2) is 36.6 Å². The third-order valence-corrected chi connectivity index (χ3v) is 4.09. The lowest BCUT2D eigenvalue weighted by atomic mass is 9.94. The normalized spacial score (nSPS) is 23.5. The number of carbonyl (C=O) groups is 1. The van der Waals surface area contributed by atoms with Crippen molar-refractivity contribution in [3.8, 4) is 0 Å². The topological polar surface area (TPSA) is 29.5 Å². The number of hydrogen-bond acceptors (Lipinski definition) is 2. The Morgan fingerprint density at radius 2 is 2.26 bits per heavy atom. The van der Waals surface area contributed by atoms with Crippen molar-refractivity contribution in [2.24, 2.45) is 0 Å². The van der Waals surface area contributed by atoms with E-state index in [-0.39, 0.29) is 17.1 Å². The first-order valence-corrected chi connectivity index (χ1v) is 7.04. The summed E-state index contributed by atoms with van der Waals surface area (Å²) in [6.45, 7) is 3.11. The smallest absolute Gasteiger partial charge is 0.256 e. The zero-order valence-corrected chi connectivity index (χ0v) is 12.7. The van der Waals surface area contributed by atoms with Crippen molar-refractivity contribution in [2.75, 3.05) is 20.2 Å². The molecule has 1 fully saturated rings. The van der Waals surface area contributed by atoms with Crippen LogP contribution in [0.2, 0.25) is 0 Å². The van der Waals surface area contributed by atoms with Gasteiger partial charge in [-0.25, -0.2) is 4.39 Å². The highest BCUT2D eigenvalue weighted by Crippen LogP contribution is 2.26. The Morgan fingerprint density at radius 3 is 2.95 bits per heavy atom. The fourth-order valence-electron chi connectivity index (χ4n) is 2.38. The fraction of sp³-hybridized carbons (Fsp3) is 0.500. The molecule has 0 bridgehead atoms. The number of carbonyl (C=O) groups excluding carboxylic acids is 1. The van der Waals surface area contributed by atoms with Gasteiger partial charge in [-0.1, -0.05) is 15.9 Å². The zero-order chi connectivity index (χ0) is 14.0. The van der Waals surface area contributed by atoms with E-state index in [1.807, 2.05) is 6.92 Å². The van der Waals surface area contributed by atoms with Gasteiger partial charge in [0.15, 0.2) is 0 Å². The lowest BCUT2D eigenvalue weighted by Crippen LogP contribution is -2.49. The molecule has 0 aliphatic carbocycles. The van der Waals surface area contributed by atoms with Crippen LogP contribution in [0.15, 0.2) is 22.7 Å². The number of ether oxygens (including phenoxy) is 1. The number of methoxy groups -OCH3 is 1. The highest BCUT2D eigenvalue weighted by atomic mass is 79.9. The molecule has 2 rings (SSSR count). The molecule has 1 amide bonds. The second kappa shape index (κ2) is 5.59. The summed E-state index contributed by atoms with van der Waals surface area (Å²) in [5, 5.41) is 0. The first-order valence-electron chi connectivity index (χ1n) is 6.25. The number of halogens is 2. The van der Waals surface area contributed by atoms with E-state index < -0.39 is 5.82 Å². The first-order chi connectivity index (χ1) is 8.95. The van der Waals surface area contributed by atoms with Gasteiger partial charge in [0.25, 0.3) is 5.91 Å². The van der Waals surface area contributed by atoms with Gasteiger partial charge in [0.05, 0.1) is 11.2 Å². The van der Waals surface area contributed by atoms with Crippen LogP contribution in [0.1, 0.15) is 30.1 Å². The van der Waals surface area contributed by atoms with Gasteiger partial charge in [-0.3, -0.25) is 4.79 Å². The van der Waals surface area contributed by atoms with E-state index in [4.69, 9.17) is 4.74 Å². The third-order valence-electron chi connectivity index (χ3n) is 3.60. The Kier molecular flexibility index (Phi) is 4.26. The lowest BCUT2D eigenvalue weighted by molar-refractivity contribution is -0.0441. The van der Waals surface area contributed by atoms with E-state index in [0.717, 1.165) is 12.8 Å². The second-order valence-corrected chi connectivity index (χ2v) is 6.02. The van der Waals surface area contributed by atoms with Crippen LogP contribution in [0.3, 0.4) is 0 Å². The largest absolute Gasteiger partial charge is 0.377 e. The number of hydrogen-bond donors (Lipinski definition) is 0. The molecule has 1 aliphatic heterocycles. The van der Waals surface area contributed by atoms with Crippen LogP contribution in [0.4, 0.5) is 4.39 Å². The number of rotatable bonds is 2. The van der Waals surface area contributed by atoms with Gasteiger partial charge in [-0.15, -0.1) is 0 Å². The molecule has 5 heteroatoms. The molecule has 1 unspecified atom stereocenters. The van der Waals surface area contributed by atoms with Crippen LogP contribution in [-0.2, 0) is 4.74 Å². The summed E-state index contributed by atoms with van der Waals surface area (Å²) in [5.41, 5.74) is -0.231. The van der Waals surface area contributed by atoms with Crippen molar-refractivity contribution in [2.45, 2.75) is 25.4 Å². The molecule has 19 heavy (non-hydrogen) atoms. The average Bonchev–Trinajstić information content (AvgIpc) is 2.41. The predicted octanol–water partition coefficient (Wildman–Crippen LogP) is 3.23. The molecule has 104 valence electrons. The highest BCUT2D eigenvalue weighted by molar-refractivity contribution is 9.10. The Bertz CT molecular complexity index is 494. The maximum atomic E-state index is 13.7. The summed E-state index contributed by atoms with van der Waals surface area (Å²) in [5.74, 6) is -0.764. The van der Waals surface area contributed by atoms with Crippen molar-refractivity contribution in [1.82, 2.24) is 4.90 Å². The molecule has 1 heterocycles. The number of piperidine rings is 1. The maximum Gasteiger partial charge on any atom is 0.256 e.